The van der Waals surface area contributed by atoms with E-state index in [1.54, 1.807) is 13.3 Å². The molecule has 0 bridgehead atoms. The Hall–Kier alpha value is -2.70. The van der Waals surface area contributed by atoms with E-state index in [9.17, 15) is 0 Å². The van der Waals surface area contributed by atoms with Crippen molar-refractivity contribution in [1.29, 1.82) is 0 Å². The highest BCUT2D eigenvalue weighted by atomic mass is 32.1. The number of methoxy groups -OCH3 is 1. The summed E-state index contributed by atoms with van der Waals surface area (Å²) in [6, 6.07) is 19.9. The molecule has 3 heterocycles. The minimum absolute atomic E-state index is 0.0784. The summed E-state index contributed by atoms with van der Waals surface area (Å²) in [4.78, 5) is 6.65. The Bertz CT molecular complexity index is 898. The van der Waals surface area contributed by atoms with Gasteiger partial charge in [0, 0.05) is 25.4 Å². The minimum atomic E-state index is -0.0833. The number of aromatic nitrogens is 1. The first kappa shape index (κ1) is 17.7. The SMILES string of the molecule is COCCN1C(=S)N[C@@H](c2ccccn2)[C@H]1c1ccc(-c2ccccc2)o1. The Morgan fingerprint density at radius 3 is 2.67 bits per heavy atom. The normalized spacial score (nSPS) is 19.3. The molecule has 0 radical (unpaired) electrons. The van der Waals surface area contributed by atoms with E-state index < -0.39 is 0 Å². The molecule has 0 saturated carbocycles. The van der Waals surface area contributed by atoms with Crippen molar-refractivity contribution in [3.63, 3.8) is 0 Å². The van der Waals surface area contributed by atoms with Crippen molar-refractivity contribution in [3.8, 4) is 11.3 Å². The molecule has 4 rings (SSSR count). The minimum Gasteiger partial charge on any atom is -0.459 e. The fraction of sp³-hybridized carbons (Fsp3) is 0.238. The zero-order valence-corrected chi connectivity index (χ0v) is 15.9. The van der Waals surface area contributed by atoms with Gasteiger partial charge in [-0.2, -0.15) is 0 Å². The lowest BCUT2D eigenvalue weighted by atomic mass is 10.0. The molecule has 1 aliphatic rings. The number of hydrogen-bond donors (Lipinski definition) is 1. The fourth-order valence-electron chi connectivity index (χ4n) is 3.41. The molecule has 1 saturated heterocycles. The highest BCUT2D eigenvalue weighted by Gasteiger charge is 2.41. The maximum Gasteiger partial charge on any atom is 0.170 e. The molecule has 6 heteroatoms. The smallest absolute Gasteiger partial charge is 0.170 e. The van der Waals surface area contributed by atoms with Gasteiger partial charge in [0.2, 0.25) is 0 Å². The molecule has 2 aromatic heterocycles. The molecular weight excluding hydrogens is 358 g/mol. The zero-order chi connectivity index (χ0) is 18.6. The van der Waals surface area contributed by atoms with Crippen LogP contribution in [0.4, 0.5) is 0 Å². The van der Waals surface area contributed by atoms with Gasteiger partial charge in [-0.15, -0.1) is 0 Å². The molecule has 2 atom stereocenters. The second-order valence-corrected chi connectivity index (χ2v) is 6.77. The first-order valence-corrected chi connectivity index (χ1v) is 9.31. The lowest BCUT2D eigenvalue weighted by molar-refractivity contribution is 0.158. The van der Waals surface area contributed by atoms with Crippen molar-refractivity contribution in [2.24, 2.45) is 0 Å². The zero-order valence-electron chi connectivity index (χ0n) is 15.0. The second kappa shape index (κ2) is 7.90. The first-order valence-electron chi connectivity index (χ1n) is 8.90. The summed E-state index contributed by atoms with van der Waals surface area (Å²) >= 11 is 5.60. The summed E-state index contributed by atoms with van der Waals surface area (Å²) < 4.78 is 11.5. The van der Waals surface area contributed by atoms with Crippen LogP contribution in [0.3, 0.4) is 0 Å². The van der Waals surface area contributed by atoms with E-state index in [1.807, 2.05) is 60.7 Å². The van der Waals surface area contributed by atoms with Crippen molar-refractivity contribution in [2.75, 3.05) is 20.3 Å². The predicted octanol–water partition coefficient (Wildman–Crippen LogP) is 3.96. The van der Waals surface area contributed by atoms with E-state index in [0.717, 1.165) is 22.8 Å². The van der Waals surface area contributed by atoms with Crippen LogP contribution in [0, 0.1) is 0 Å². The van der Waals surface area contributed by atoms with Gasteiger partial charge in [0.25, 0.3) is 0 Å². The van der Waals surface area contributed by atoms with Gasteiger partial charge in [0.05, 0.1) is 18.3 Å². The van der Waals surface area contributed by atoms with Gasteiger partial charge in [-0.1, -0.05) is 36.4 Å². The van der Waals surface area contributed by atoms with Gasteiger partial charge in [0.15, 0.2) is 5.11 Å². The second-order valence-electron chi connectivity index (χ2n) is 6.38. The Balaban J connectivity index is 1.70. The average Bonchev–Trinajstić information content (AvgIpc) is 3.32. The average molecular weight is 379 g/mol. The van der Waals surface area contributed by atoms with Gasteiger partial charge in [0.1, 0.15) is 17.6 Å². The van der Waals surface area contributed by atoms with Crippen LogP contribution in [0.25, 0.3) is 11.3 Å². The Morgan fingerprint density at radius 1 is 1.11 bits per heavy atom. The summed E-state index contributed by atoms with van der Waals surface area (Å²) in [5.41, 5.74) is 1.98. The fourth-order valence-corrected chi connectivity index (χ4v) is 3.75. The standard InChI is InChI=1S/C21H21N3O2S/c1-25-14-13-24-20(19(23-21(24)27)16-9-5-6-12-22-16)18-11-10-17(26-18)15-7-3-2-4-8-15/h2-12,19-20H,13-14H2,1H3,(H,23,27)/t19-,20+/m0/s1. The van der Waals surface area contributed by atoms with E-state index in [2.05, 4.69) is 15.2 Å². The molecule has 5 nitrogen and oxygen atoms in total. The molecule has 1 aliphatic heterocycles. The maximum absolute atomic E-state index is 6.25. The Labute approximate surface area is 164 Å². The lowest BCUT2D eigenvalue weighted by Gasteiger charge is -2.25. The molecule has 27 heavy (non-hydrogen) atoms. The number of nitrogens with zero attached hydrogens (tertiary/aromatic N) is 2. The summed E-state index contributed by atoms with van der Waals surface area (Å²) in [5.74, 6) is 1.70. The highest BCUT2D eigenvalue weighted by molar-refractivity contribution is 7.80. The molecule has 3 aromatic rings. The number of furan rings is 1. The molecule has 0 amide bonds. The van der Waals surface area contributed by atoms with Gasteiger partial charge >= 0.3 is 0 Å². The quantitative estimate of drug-likeness (QED) is 0.654. The summed E-state index contributed by atoms with van der Waals surface area (Å²) in [6.45, 7) is 1.26. The number of nitrogens with one attached hydrogen (secondary N) is 1. The molecule has 138 valence electrons. The maximum atomic E-state index is 6.25. The molecule has 1 fully saturated rings. The molecular formula is C21H21N3O2S. The molecule has 0 unspecified atom stereocenters. The van der Waals surface area contributed by atoms with E-state index >= 15 is 0 Å². The van der Waals surface area contributed by atoms with Gasteiger partial charge < -0.3 is 19.4 Å². The van der Waals surface area contributed by atoms with E-state index in [4.69, 9.17) is 21.4 Å². The predicted molar refractivity (Wildman–Crippen MR) is 108 cm³/mol. The van der Waals surface area contributed by atoms with Crippen LogP contribution in [0.5, 0.6) is 0 Å². The number of hydrogen-bond acceptors (Lipinski definition) is 4. The van der Waals surface area contributed by atoms with Crippen LogP contribution in [0.2, 0.25) is 0 Å². The Morgan fingerprint density at radius 2 is 1.93 bits per heavy atom. The number of benzene rings is 1. The third-order valence-corrected chi connectivity index (χ3v) is 5.06. The van der Waals surface area contributed by atoms with Crippen LogP contribution in [0.15, 0.2) is 71.3 Å². The van der Waals surface area contributed by atoms with Crippen LogP contribution in [0.1, 0.15) is 23.5 Å². The van der Waals surface area contributed by atoms with Gasteiger partial charge in [-0.25, -0.2) is 0 Å². The van der Waals surface area contributed by atoms with Crippen molar-refractivity contribution < 1.29 is 9.15 Å². The van der Waals surface area contributed by atoms with Crippen molar-refractivity contribution in [3.05, 3.63) is 78.3 Å². The summed E-state index contributed by atoms with van der Waals surface area (Å²) in [5, 5.41) is 4.09. The molecule has 1 aromatic carbocycles. The molecule has 0 aliphatic carbocycles. The van der Waals surface area contributed by atoms with Crippen molar-refractivity contribution in [1.82, 2.24) is 15.2 Å². The Kier molecular flexibility index (Phi) is 5.18. The molecule has 1 N–H and O–H groups in total. The number of rotatable bonds is 6. The lowest BCUT2D eigenvalue weighted by Crippen LogP contribution is -2.32. The van der Waals surface area contributed by atoms with Crippen molar-refractivity contribution >= 4 is 17.3 Å². The molecule has 0 spiro atoms. The van der Waals surface area contributed by atoms with E-state index in [1.165, 1.54) is 0 Å². The number of thiocarbonyl (C=S) groups is 1. The third kappa shape index (κ3) is 3.59. The van der Waals surface area contributed by atoms with Crippen LogP contribution >= 0.6 is 12.2 Å². The largest absolute Gasteiger partial charge is 0.459 e. The van der Waals surface area contributed by atoms with Crippen LogP contribution < -0.4 is 5.32 Å². The van der Waals surface area contributed by atoms with Crippen molar-refractivity contribution in [2.45, 2.75) is 12.1 Å². The van der Waals surface area contributed by atoms with Gasteiger partial charge in [-0.3, -0.25) is 4.98 Å². The van der Waals surface area contributed by atoms with Gasteiger partial charge in [-0.05, 0) is 36.5 Å². The number of pyridine rings is 1. The summed E-state index contributed by atoms with van der Waals surface area (Å²) in [7, 11) is 1.69. The topological polar surface area (TPSA) is 50.5 Å². The summed E-state index contributed by atoms with van der Waals surface area (Å²) in [6.07, 6.45) is 1.80. The highest BCUT2D eigenvalue weighted by Crippen LogP contribution is 2.40. The first-order chi connectivity index (χ1) is 13.3. The van der Waals surface area contributed by atoms with E-state index in [0.29, 0.717) is 18.3 Å². The third-order valence-electron chi connectivity index (χ3n) is 4.71. The van der Waals surface area contributed by atoms with E-state index in [-0.39, 0.29) is 12.1 Å². The van der Waals surface area contributed by atoms with Crippen LogP contribution in [-0.4, -0.2) is 35.3 Å². The monoisotopic (exact) mass is 379 g/mol. The number of ether oxygens (including phenoxy) is 1. The van der Waals surface area contributed by atoms with Crippen LogP contribution in [-0.2, 0) is 4.74 Å².